The molecule has 1 fully saturated rings. The number of amides is 1. The molecule has 1 saturated carbocycles. The van der Waals surface area contributed by atoms with E-state index in [4.69, 9.17) is 9.40 Å². The van der Waals surface area contributed by atoms with Crippen molar-refractivity contribution in [3.05, 3.63) is 92.6 Å². The van der Waals surface area contributed by atoms with Crippen LogP contribution in [0.25, 0.3) is 22.4 Å². The van der Waals surface area contributed by atoms with Crippen LogP contribution in [0.5, 0.6) is 5.75 Å². The van der Waals surface area contributed by atoms with Gasteiger partial charge in [-0.25, -0.2) is 9.78 Å². The number of carbonyl (C=O) groups is 2. The number of nitrogens with one attached hydrogen (secondary N) is 2. The predicted octanol–water partition coefficient (Wildman–Crippen LogP) is 4.27. The zero-order chi connectivity index (χ0) is 29.4. The Hall–Kier alpha value is -5.19. The molecule has 2 aromatic heterocycles. The predicted molar refractivity (Wildman–Crippen MR) is 155 cm³/mol. The minimum absolute atomic E-state index is 0.00983. The normalized spacial score (nSPS) is 14.7. The molecule has 2 heterocycles. The molecule has 0 bridgehead atoms. The van der Waals surface area contributed by atoms with Gasteiger partial charge in [-0.2, -0.15) is 0 Å². The summed E-state index contributed by atoms with van der Waals surface area (Å²) in [5.41, 5.74) is 1.85. The van der Waals surface area contributed by atoms with Crippen molar-refractivity contribution in [2.75, 3.05) is 5.32 Å². The van der Waals surface area contributed by atoms with Crippen molar-refractivity contribution in [2.24, 2.45) is 0 Å². The van der Waals surface area contributed by atoms with Crippen LogP contribution in [-0.4, -0.2) is 37.7 Å². The third kappa shape index (κ3) is 5.05. The largest absolute Gasteiger partial charge is 0.502 e. The summed E-state index contributed by atoms with van der Waals surface area (Å²) in [5.74, 6) is -1.56. The number of furan rings is 1. The molecule has 5 aromatic rings. The molecule has 11 nitrogen and oxygen atoms in total. The highest BCUT2D eigenvalue weighted by molar-refractivity contribution is 5.99. The highest BCUT2D eigenvalue weighted by Crippen LogP contribution is 2.36. The van der Waals surface area contributed by atoms with Crippen molar-refractivity contribution < 1.29 is 24.2 Å². The number of carboxylic acid groups (broad SMARTS) is 1. The summed E-state index contributed by atoms with van der Waals surface area (Å²) >= 11 is 0. The Labute approximate surface area is 239 Å². The van der Waals surface area contributed by atoms with Gasteiger partial charge in [0.05, 0.1) is 22.9 Å². The third-order valence-corrected chi connectivity index (χ3v) is 7.82. The number of carboxylic acids is 1. The van der Waals surface area contributed by atoms with E-state index in [2.05, 4.69) is 15.2 Å². The molecule has 1 amide bonds. The number of rotatable bonds is 9. The van der Waals surface area contributed by atoms with E-state index in [-0.39, 0.29) is 12.1 Å². The van der Waals surface area contributed by atoms with E-state index in [1.807, 2.05) is 12.1 Å². The zero-order valence-electron chi connectivity index (χ0n) is 22.5. The maximum absolute atomic E-state index is 13.2. The lowest BCUT2D eigenvalue weighted by Gasteiger charge is -2.25. The lowest BCUT2D eigenvalue weighted by atomic mass is 9.95. The Bertz CT molecular complexity index is 1840. The molecule has 0 unspecified atom stereocenters. The second kappa shape index (κ2) is 11.0. The summed E-state index contributed by atoms with van der Waals surface area (Å²) < 4.78 is 7.55. The summed E-state index contributed by atoms with van der Waals surface area (Å²) in [6.07, 6.45) is 8.88. The number of carbonyl (C=O) groups excluding carboxylic acids is 1. The maximum atomic E-state index is 13.2. The maximum Gasteiger partial charge on any atom is 0.326 e. The number of aromatic hydroxyl groups is 1. The highest BCUT2D eigenvalue weighted by Gasteiger charge is 2.25. The van der Waals surface area contributed by atoms with E-state index in [9.17, 15) is 29.4 Å². The summed E-state index contributed by atoms with van der Waals surface area (Å²) in [6.45, 7) is 0. The first-order valence-corrected chi connectivity index (χ1v) is 13.8. The molecule has 0 saturated heterocycles. The fourth-order valence-corrected chi connectivity index (χ4v) is 5.59. The highest BCUT2D eigenvalue weighted by atomic mass is 16.4. The van der Waals surface area contributed by atoms with Crippen molar-refractivity contribution in [3.63, 3.8) is 0 Å². The van der Waals surface area contributed by atoms with E-state index in [0.29, 0.717) is 28.4 Å². The van der Waals surface area contributed by atoms with E-state index in [1.54, 1.807) is 48.9 Å². The Morgan fingerprint density at radius 2 is 1.79 bits per heavy atom. The van der Waals surface area contributed by atoms with Crippen molar-refractivity contribution in [2.45, 2.75) is 50.6 Å². The zero-order valence-corrected chi connectivity index (χ0v) is 22.5. The van der Waals surface area contributed by atoms with Crippen molar-refractivity contribution in [1.29, 1.82) is 0 Å². The van der Waals surface area contributed by atoms with E-state index in [0.717, 1.165) is 42.6 Å². The molecular formula is C31H28N4O7. The summed E-state index contributed by atoms with van der Waals surface area (Å²) in [7, 11) is 0. The van der Waals surface area contributed by atoms with Crippen LogP contribution < -0.4 is 21.5 Å². The smallest absolute Gasteiger partial charge is 0.326 e. The quantitative estimate of drug-likeness (QED) is 0.190. The van der Waals surface area contributed by atoms with Crippen LogP contribution in [0, 0.1) is 0 Å². The molecule has 3 aromatic carbocycles. The average Bonchev–Trinajstić information content (AvgIpc) is 3.68. The van der Waals surface area contributed by atoms with Gasteiger partial charge in [-0.1, -0.05) is 31.4 Å². The summed E-state index contributed by atoms with van der Waals surface area (Å²) in [5, 5.41) is 24.7. The summed E-state index contributed by atoms with van der Waals surface area (Å²) in [6, 6.07) is 12.6. The topological polar surface area (TPSA) is 164 Å². The minimum Gasteiger partial charge on any atom is -0.502 e. The van der Waals surface area contributed by atoms with Gasteiger partial charge < -0.3 is 29.8 Å². The van der Waals surface area contributed by atoms with Crippen LogP contribution in [0.2, 0.25) is 0 Å². The number of benzene rings is 2. The second-order valence-corrected chi connectivity index (χ2v) is 10.6. The molecule has 6 rings (SSSR count). The van der Waals surface area contributed by atoms with Crippen LogP contribution in [0.4, 0.5) is 11.4 Å². The monoisotopic (exact) mass is 568 g/mol. The van der Waals surface area contributed by atoms with Gasteiger partial charge in [-0.3, -0.25) is 14.4 Å². The molecule has 0 spiro atoms. The number of imidazole rings is 1. The first-order chi connectivity index (χ1) is 20.3. The van der Waals surface area contributed by atoms with Crippen LogP contribution in [-0.2, 0) is 11.2 Å². The first kappa shape index (κ1) is 27.0. The number of fused-ring (bicyclic) bond motifs is 1. The number of nitrogens with zero attached hydrogens (tertiary/aromatic N) is 2. The first-order valence-electron chi connectivity index (χ1n) is 13.8. The van der Waals surface area contributed by atoms with E-state index in [1.165, 1.54) is 6.42 Å². The Morgan fingerprint density at radius 1 is 1.02 bits per heavy atom. The number of aliphatic carboxylic acids is 1. The van der Waals surface area contributed by atoms with Crippen molar-refractivity contribution in [1.82, 2.24) is 14.9 Å². The lowest BCUT2D eigenvalue weighted by Crippen LogP contribution is -2.42. The van der Waals surface area contributed by atoms with Gasteiger partial charge >= 0.3 is 5.97 Å². The standard InChI is InChI=1S/C31H28N4O7/c36-26-25(27(37)28(26)38)32-20-9-6-17(7-10-20)14-23(31(40)41)34-30(39)18-8-11-24-22(15-18)33-29(19-12-13-42-16-19)35(24)21-4-2-1-3-5-21/h6-13,15-16,21,23,32,36H,1-5,14H2,(H,34,39)(H,40,41)/t23-/m0/s1. The fourth-order valence-electron chi connectivity index (χ4n) is 5.59. The van der Waals surface area contributed by atoms with Crippen LogP contribution in [0.3, 0.4) is 0 Å². The van der Waals surface area contributed by atoms with Gasteiger partial charge in [0.1, 0.15) is 23.8 Å². The number of hydrogen-bond donors (Lipinski definition) is 4. The van der Waals surface area contributed by atoms with E-state index < -0.39 is 34.5 Å². The Balaban J connectivity index is 1.20. The average molecular weight is 569 g/mol. The van der Waals surface area contributed by atoms with Gasteiger partial charge in [-0.05, 0) is 54.8 Å². The molecule has 1 aliphatic carbocycles. The van der Waals surface area contributed by atoms with Crippen LogP contribution >= 0.6 is 0 Å². The molecule has 214 valence electrons. The molecule has 0 aliphatic heterocycles. The molecule has 1 aliphatic rings. The Kier molecular flexibility index (Phi) is 7.07. The molecular weight excluding hydrogens is 540 g/mol. The van der Waals surface area contributed by atoms with E-state index >= 15 is 0 Å². The van der Waals surface area contributed by atoms with Gasteiger partial charge in [0, 0.05) is 23.7 Å². The van der Waals surface area contributed by atoms with Gasteiger partial charge in [-0.15, -0.1) is 0 Å². The van der Waals surface area contributed by atoms with Gasteiger partial charge in [0.15, 0.2) is 5.75 Å². The number of anilines is 2. The van der Waals surface area contributed by atoms with Gasteiger partial charge in [0.2, 0.25) is 0 Å². The molecule has 0 radical (unpaired) electrons. The molecule has 42 heavy (non-hydrogen) atoms. The molecule has 4 N–H and O–H groups in total. The molecule has 11 heteroatoms. The third-order valence-electron chi connectivity index (χ3n) is 7.82. The number of hydrogen-bond acceptors (Lipinski definition) is 8. The Morgan fingerprint density at radius 3 is 2.45 bits per heavy atom. The molecule has 1 atom stereocenters. The van der Waals surface area contributed by atoms with Crippen LogP contribution in [0.15, 0.2) is 75.1 Å². The van der Waals surface area contributed by atoms with Crippen molar-refractivity contribution in [3.8, 4) is 17.1 Å². The summed E-state index contributed by atoms with van der Waals surface area (Å²) in [4.78, 5) is 52.8. The second-order valence-electron chi connectivity index (χ2n) is 10.6. The SMILES string of the molecule is O=C(N[C@@H](Cc1ccc(Nc2c(O)c(=O)c2=O)cc1)C(=O)O)c1ccc2c(c1)nc(-c1ccoc1)n2C1CCCCC1. The lowest BCUT2D eigenvalue weighted by molar-refractivity contribution is -0.139. The van der Waals surface area contributed by atoms with Crippen LogP contribution in [0.1, 0.15) is 54.1 Å². The van der Waals surface area contributed by atoms with Crippen molar-refractivity contribution >= 4 is 34.3 Å². The van der Waals surface area contributed by atoms with Gasteiger partial charge in [0.25, 0.3) is 16.8 Å². The minimum atomic E-state index is -1.20. The fraction of sp³-hybridized carbons (Fsp3) is 0.258. The number of aromatic nitrogens is 2.